The lowest BCUT2D eigenvalue weighted by Crippen LogP contribution is -2.32. The van der Waals surface area contributed by atoms with Crippen molar-refractivity contribution in [2.45, 2.75) is 46.6 Å². The first-order valence-corrected chi connectivity index (χ1v) is 7.67. The lowest BCUT2D eigenvalue weighted by Gasteiger charge is -2.16. The highest BCUT2D eigenvalue weighted by molar-refractivity contribution is 5.77. The molecule has 1 amide bonds. The van der Waals surface area contributed by atoms with Crippen LogP contribution in [0.4, 0.5) is 0 Å². The van der Waals surface area contributed by atoms with Gasteiger partial charge in [0.2, 0.25) is 0 Å². The van der Waals surface area contributed by atoms with Crippen LogP contribution in [0.2, 0.25) is 0 Å². The lowest BCUT2D eigenvalue weighted by atomic mass is 10.0. The smallest absolute Gasteiger partial charge is 0.257 e. The third-order valence-electron chi connectivity index (χ3n) is 3.36. The van der Waals surface area contributed by atoms with Crippen molar-refractivity contribution in [3.8, 4) is 5.75 Å². The molecule has 118 valence electrons. The van der Waals surface area contributed by atoms with Crippen molar-refractivity contribution in [2.75, 3.05) is 13.2 Å². The van der Waals surface area contributed by atoms with Crippen LogP contribution < -0.4 is 15.8 Å². The molecular weight excluding hydrogens is 264 g/mol. The van der Waals surface area contributed by atoms with Crippen LogP contribution in [0, 0.1) is 12.8 Å². The van der Waals surface area contributed by atoms with Crippen molar-refractivity contribution in [1.82, 2.24) is 5.32 Å². The Morgan fingerprint density at radius 2 is 2.10 bits per heavy atom. The van der Waals surface area contributed by atoms with Gasteiger partial charge in [0.05, 0.1) is 0 Å². The molecule has 4 nitrogen and oxygen atoms in total. The summed E-state index contributed by atoms with van der Waals surface area (Å²) in [7, 11) is 0. The van der Waals surface area contributed by atoms with E-state index >= 15 is 0 Å². The van der Waals surface area contributed by atoms with E-state index in [0.717, 1.165) is 29.7 Å². The zero-order valence-corrected chi connectivity index (χ0v) is 13.6. The molecule has 0 aliphatic carbocycles. The minimum atomic E-state index is -0.0855. The van der Waals surface area contributed by atoms with E-state index in [1.807, 2.05) is 25.1 Å². The molecule has 1 atom stereocenters. The third-order valence-corrected chi connectivity index (χ3v) is 3.36. The van der Waals surface area contributed by atoms with Gasteiger partial charge in [0.25, 0.3) is 5.91 Å². The fraction of sp³-hybridized carbons (Fsp3) is 0.588. The molecule has 1 unspecified atom stereocenters. The maximum atomic E-state index is 11.8. The number of benzene rings is 1. The quantitative estimate of drug-likeness (QED) is 0.773. The molecule has 1 aromatic carbocycles. The summed E-state index contributed by atoms with van der Waals surface area (Å²) in [6.45, 7) is 8.90. The normalized spacial score (nSPS) is 12.3. The molecule has 0 bridgehead atoms. The minimum Gasteiger partial charge on any atom is -0.483 e. The van der Waals surface area contributed by atoms with E-state index in [1.165, 1.54) is 0 Å². The van der Waals surface area contributed by atoms with Gasteiger partial charge >= 0.3 is 0 Å². The van der Waals surface area contributed by atoms with Crippen LogP contribution in [0.1, 0.15) is 38.3 Å². The molecule has 0 heterocycles. The molecule has 3 N–H and O–H groups in total. The van der Waals surface area contributed by atoms with Gasteiger partial charge < -0.3 is 15.8 Å². The molecular formula is C17H28N2O2. The van der Waals surface area contributed by atoms with E-state index in [0.29, 0.717) is 12.5 Å². The Labute approximate surface area is 128 Å². The maximum Gasteiger partial charge on any atom is 0.257 e. The zero-order valence-electron chi connectivity index (χ0n) is 13.6. The molecule has 0 aromatic heterocycles. The van der Waals surface area contributed by atoms with Crippen LogP contribution in [0.5, 0.6) is 5.75 Å². The summed E-state index contributed by atoms with van der Waals surface area (Å²) in [5.41, 5.74) is 8.13. The first kappa shape index (κ1) is 17.5. The highest BCUT2D eigenvalue weighted by Gasteiger charge is 2.12. The number of amides is 1. The van der Waals surface area contributed by atoms with Crippen molar-refractivity contribution in [3.63, 3.8) is 0 Å². The molecule has 0 radical (unpaired) electrons. The van der Waals surface area contributed by atoms with Crippen molar-refractivity contribution >= 4 is 5.91 Å². The van der Waals surface area contributed by atoms with E-state index in [2.05, 4.69) is 26.1 Å². The van der Waals surface area contributed by atoms with Gasteiger partial charge in [-0.25, -0.2) is 0 Å². The molecule has 1 aromatic rings. The molecule has 21 heavy (non-hydrogen) atoms. The van der Waals surface area contributed by atoms with E-state index in [9.17, 15) is 4.79 Å². The second-order valence-corrected chi connectivity index (χ2v) is 5.92. The van der Waals surface area contributed by atoms with E-state index in [1.54, 1.807) is 0 Å². The van der Waals surface area contributed by atoms with Crippen LogP contribution in [0.15, 0.2) is 18.2 Å². The average molecular weight is 292 g/mol. The van der Waals surface area contributed by atoms with Crippen molar-refractivity contribution < 1.29 is 9.53 Å². The van der Waals surface area contributed by atoms with Gasteiger partial charge in [-0.3, -0.25) is 4.79 Å². The zero-order chi connectivity index (χ0) is 15.8. The predicted octanol–water partition coefficient (Wildman–Crippen LogP) is 2.43. The Bertz CT molecular complexity index is 458. The molecule has 0 saturated carbocycles. The third kappa shape index (κ3) is 6.17. The first-order chi connectivity index (χ1) is 9.93. The van der Waals surface area contributed by atoms with Gasteiger partial charge in [0.15, 0.2) is 6.61 Å². The number of ether oxygens (including phenoxy) is 1. The van der Waals surface area contributed by atoms with Gasteiger partial charge in [-0.15, -0.1) is 0 Å². The molecule has 4 heteroatoms. The predicted molar refractivity (Wildman–Crippen MR) is 86.5 cm³/mol. The number of nitrogens with one attached hydrogen (secondary N) is 1. The summed E-state index contributed by atoms with van der Waals surface area (Å²) >= 11 is 0. The highest BCUT2D eigenvalue weighted by Crippen LogP contribution is 2.24. The number of hydrogen-bond acceptors (Lipinski definition) is 3. The highest BCUT2D eigenvalue weighted by atomic mass is 16.5. The van der Waals surface area contributed by atoms with Gasteiger partial charge in [0.1, 0.15) is 5.75 Å². The Kier molecular flexibility index (Phi) is 7.23. The van der Waals surface area contributed by atoms with Crippen LogP contribution >= 0.6 is 0 Å². The lowest BCUT2D eigenvalue weighted by molar-refractivity contribution is -0.123. The summed E-state index contributed by atoms with van der Waals surface area (Å²) < 4.78 is 5.74. The number of para-hydroxylation sites is 1. The summed E-state index contributed by atoms with van der Waals surface area (Å²) in [5, 5.41) is 2.85. The Balaban J connectivity index is 2.66. The van der Waals surface area contributed by atoms with E-state index in [4.69, 9.17) is 10.5 Å². The summed E-state index contributed by atoms with van der Waals surface area (Å²) in [5.74, 6) is 1.14. The van der Waals surface area contributed by atoms with Crippen molar-refractivity contribution in [1.29, 1.82) is 0 Å². The fourth-order valence-electron chi connectivity index (χ4n) is 2.01. The standard InChI is InChI=1S/C17H28N2O2/c1-5-15(18)9-14-8-6-7-13(4)17(14)21-11-16(20)19-10-12(2)3/h6-8,12,15H,5,9-11,18H2,1-4H3,(H,19,20). The van der Waals surface area contributed by atoms with Crippen molar-refractivity contribution in [2.24, 2.45) is 11.7 Å². The topological polar surface area (TPSA) is 64.3 Å². The summed E-state index contributed by atoms with van der Waals surface area (Å²) in [6, 6.07) is 6.12. The Morgan fingerprint density at radius 3 is 2.71 bits per heavy atom. The second-order valence-electron chi connectivity index (χ2n) is 5.92. The molecule has 1 rings (SSSR count). The number of carbonyl (C=O) groups is 1. The monoisotopic (exact) mass is 292 g/mol. The number of carbonyl (C=O) groups excluding carboxylic acids is 1. The van der Waals surface area contributed by atoms with Crippen LogP contribution in [0.25, 0.3) is 0 Å². The van der Waals surface area contributed by atoms with E-state index in [-0.39, 0.29) is 18.6 Å². The number of hydrogen-bond donors (Lipinski definition) is 2. The molecule has 0 aliphatic rings. The Morgan fingerprint density at radius 1 is 1.38 bits per heavy atom. The Hall–Kier alpha value is -1.55. The fourth-order valence-corrected chi connectivity index (χ4v) is 2.01. The average Bonchev–Trinajstić information content (AvgIpc) is 2.44. The summed E-state index contributed by atoms with van der Waals surface area (Å²) in [6.07, 6.45) is 1.68. The second kappa shape index (κ2) is 8.67. The number of nitrogens with two attached hydrogens (primary N) is 1. The van der Waals surface area contributed by atoms with Crippen LogP contribution in [-0.2, 0) is 11.2 Å². The van der Waals surface area contributed by atoms with Crippen molar-refractivity contribution in [3.05, 3.63) is 29.3 Å². The van der Waals surface area contributed by atoms with Crippen LogP contribution in [0.3, 0.4) is 0 Å². The molecule has 0 aliphatic heterocycles. The molecule has 0 saturated heterocycles. The minimum absolute atomic E-state index is 0.0476. The summed E-state index contributed by atoms with van der Waals surface area (Å²) in [4.78, 5) is 11.8. The SMILES string of the molecule is CCC(N)Cc1cccc(C)c1OCC(=O)NCC(C)C. The number of aryl methyl sites for hydroxylation is 1. The molecule has 0 fully saturated rings. The van der Waals surface area contributed by atoms with Gasteiger partial charge in [-0.1, -0.05) is 39.0 Å². The number of rotatable bonds is 8. The first-order valence-electron chi connectivity index (χ1n) is 7.67. The molecule has 0 spiro atoms. The van der Waals surface area contributed by atoms with Gasteiger partial charge in [-0.05, 0) is 36.8 Å². The maximum absolute atomic E-state index is 11.8. The van der Waals surface area contributed by atoms with E-state index < -0.39 is 0 Å². The van der Waals surface area contributed by atoms with Gasteiger partial charge in [0, 0.05) is 12.6 Å². The van der Waals surface area contributed by atoms with Crippen LogP contribution in [-0.4, -0.2) is 25.1 Å². The van der Waals surface area contributed by atoms with Gasteiger partial charge in [-0.2, -0.15) is 0 Å². The largest absolute Gasteiger partial charge is 0.483 e.